The van der Waals surface area contributed by atoms with Crippen molar-refractivity contribution in [2.24, 2.45) is 5.10 Å². The van der Waals surface area contributed by atoms with E-state index in [1.165, 1.54) is 0 Å². The molecule has 1 aromatic carbocycles. The van der Waals surface area contributed by atoms with Crippen LogP contribution in [0.2, 0.25) is 0 Å². The van der Waals surface area contributed by atoms with Gasteiger partial charge in [0.15, 0.2) is 0 Å². The fourth-order valence-electron chi connectivity index (χ4n) is 1.98. The molecule has 0 fully saturated rings. The van der Waals surface area contributed by atoms with E-state index < -0.39 is 5.54 Å². The van der Waals surface area contributed by atoms with Gasteiger partial charge in [0.2, 0.25) is 0 Å². The predicted molar refractivity (Wildman–Crippen MR) is 73.7 cm³/mol. The molecule has 0 saturated heterocycles. The number of nitrogens with zero attached hydrogens (tertiary/aromatic N) is 2. The monoisotopic (exact) mass is 306 g/mol. The Balaban J connectivity index is 2.22. The first-order valence-electron chi connectivity index (χ1n) is 5.57. The second-order valence-corrected chi connectivity index (χ2v) is 5.45. The standard InChI is InChI=1S/C12H11BrN4O/c1-12(4-5-14-17-12)11-15-9-3-2-7(13)6-8(9)10(18)16-11/h2-3,5-6,17H,4H2,1H3,(H,15,16,18). The third-order valence-corrected chi connectivity index (χ3v) is 3.59. The number of halogens is 1. The molecule has 1 aromatic heterocycles. The molecule has 2 heterocycles. The highest BCUT2D eigenvalue weighted by Crippen LogP contribution is 2.24. The van der Waals surface area contributed by atoms with E-state index in [-0.39, 0.29) is 5.56 Å². The van der Waals surface area contributed by atoms with Crippen molar-refractivity contribution in [2.75, 3.05) is 0 Å². The maximum atomic E-state index is 12.1. The summed E-state index contributed by atoms with van der Waals surface area (Å²) in [6.07, 6.45) is 2.49. The Morgan fingerprint density at radius 2 is 2.28 bits per heavy atom. The molecule has 0 bridgehead atoms. The Morgan fingerprint density at radius 3 is 3.00 bits per heavy atom. The maximum absolute atomic E-state index is 12.1. The number of aromatic amines is 1. The molecule has 1 atom stereocenters. The number of hydrogen-bond donors (Lipinski definition) is 2. The van der Waals surface area contributed by atoms with Crippen molar-refractivity contribution >= 4 is 33.0 Å². The summed E-state index contributed by atoms with van der Waals surface area (Å²) in [4.78, 5) is 19.4. The number of nitrogens with one attached hydrogen (secondary N) is 2. The molecule has 1 aliphatic heterocycles. The van der Waals surface area contributed by atoms with Crippen LogP contribution in [0.25, 0.3) is 10.9 Å². The van der Waals surface area contributed by atoms with Gasteiger partial charge in [0.1, 0.15) is 11.4 Å². The first-order chi connectivity index (χ1) is 8.58. The summed E-state index contributed by atoms with van der Waals surface area (Å²) in [7, 11) is 0. The van der Waals surface area contributed by atoms with Gasteiger partial charge in [0, 0.05) is 17.1 Å². The molecular weight excluding hydrogens is 296 g/mol. The fourth-order valence-corrected chi connectivity index (χ4v) is 2.34. The van der Waals surface area contributed by atoms with Crippen LogP contribution in [0.4, 0.5) is 0 Å². The van der Waals surface area contributed by atoms with E-state index in [0.29, 0.717) is 23.1 Å². The Labute approximate surface area is 111 Å². The molecular formula is C12H11BrN4O. The molecule has 0 spiro atoms. The smallest absolute Gasteiger partial charge is 0.258 e. The summed E-state index contributed by atoms with van der Waals surface area (Å²) in [5, 5.41) is 4.57. The topological polar surface area (TPSA) is 70.1 Å². The number of benzene rings is 1. The molecule has 2 aromatic rings. The van der Waals surface area contributed by atoms with Crippen molar-refractivity contribution in [1.29, 1.82) is 0 Å². The minimum absolute atomic E-state index is 0.133. The van der Waals surface area contributed by atoms with E-state index in [0.717, 1.165) is 4.47 Å². The zero-order valence-corrected chi connectivity index (χ0v) is 11.3. The van der Waals surface area contributed by atoms with E-state index in [9.17, 15) is 4.79 Å². The van der Waals surface area contributed by atoms with Crippen LogP contribution in [-0.4, -0.2) is 16.2 Å². The molecule has 5 nitrogen and oxygen atoms in total. The summed E-state index contributed by atoms with van der Waals surface area (Å²) < 4.78 is 0.864. The second-order valence-electron chi connectivity index (χ2n) is 4.54. The largest absolute Gasteiger partial charge is 0.308 e. The van der Waals surface area contributed by atoms with E-state index in [4.69, 9.17) is 0 Å². The summed E-state index contributed by atoms with van der Waals surface area (Å²) >= 11 is 3.35. The number of hydrogen-bond acceptors (Lipinski definition) is 4. The van der Waals surface area contributed by atoms with Crippen molar-refractivity contribution in [1.82, 2.24) is 15.4 Å². The molecule has 1 unspecified atom stereocenters. The SMILES string of the molecule is CC1(c2nc3ccc(Br)cc3c(=O)[nH]2)CC=NN1. The van der Waals surface area contributed by atoms with Crippen LogP contribution in [0.1, 0.15) is 19.2 Å². The number of rotatable bonds is 1. The van der Waals surface area contributed by atoms with E-state index >= 15 is 0 Å². The van der Waals surface area contributed by atoms with Crippen LogP contribution in [-0.2, 0) is 5.54 Å². The molecule has 0 saturated carbocycles. The molecule has 0 radical (unpaired) electrons. The Hall–Kier alpha value is -1.69. The third kappa shape index (κ3) is 1.73. The van der Waals surface area contributed by atoms with Gasteiger partial charge < -0.3 is 4.98 Å². The van der Waals surface area contributed by atoms with Crippen LogP contribution in [0.3, 0.4) is 0 Å². The zero-order valence-electron chi connectivity index (χ0n) is 9.70. The summed E-state index contributed by atoms with van der Waals surface area (Å²) in [6, 6.07) is 5.47. The van der Waals surface area contributed by atoms with Crippen LogP contribution in [0.15, 0.2) is 32.6 Å². The van der Waals surface area contributed by atoms with Crippen molar-refractivity contribution in [3.8, 4) is 0 Å². The number of hydrazone groups is 1. The van der Waals surface area contributed by atoms with Crippen molar-refractivity contribution in [2.45, 2.75) is 18.9 Å². The third-order valence-electron chi connectivity index (χ3n) is 3.09. The highest BCUT2D eigenvalue weighted by atomic mass is 79.9. The lowest BCUT2D eigenvalue weighted by Gasteiger charge is -2.22. The molecule has 0 amide bonds. The van der Waals surface area contributed by atoms with Crippen LogP contribution in [0, 0.1) is 0 Å². The molecule has 2 N–H and O–H groups in total. The minimum atomic E-state index is -0.430. The van der Waals surface area contributed by atoms with Crippen molar-refractivity contribution in [3.05, 3.63) is 38.9 Å². The molecule has 1 aliphatic rings. The van der Waals surface area contributed by atoms with Gasteiger partial charge in [-0.15, -0.1) is 0 Å². The van der Waals surface area contributed by atoms with Gasteiger partial charge in [-0.1, -0.05) is 15.9 Å². The lowest BCUT2D eigenvalue weighted by molar-refractivity contribution is 0.396. The molecule has 92 valence electrons. The van der Waals surface area contributed by atoms with E-state index in [1.807, 2.05) is 19.1 Å². The van der Waals surface area contributed by atoms with Gasteiger partial charge in [-0.2, -0.15) is 5.10 Å². The van der Waals surface area contributed by atoms with Gasteiger partial charge in [-0.05, 0) is 25.1 Å². The molecule has 18 heavy (non-hydrogen) atoms. The zero-order chi connectivity index (χ0) is 12.8. The predicted octanol–water partition coefficient (Wildman–Crippen LogP) is 1.88. The first-order valence-corrected chi connectivity index (χ1v) is 6.36. The van der Waals surface area contributed by atoms with E-state index in [1.54, 1.807) is 12.3 Å². The Bertz CT molecular complexity index is 699. The molecule has 6 heteroatoms. The van der Waals surface area contributed by atoms with Gasteiger partial charge in [-0.3, -0.25) is 10.2 Å². The Kier molecular flexibility index (Phi) is 2.48. The van der Waals surface area contributed by atoms with Gasteiger partial charge in [-0.25, -0.2) is 4.98 Å². The van der Waals surface area contributed by atoms with E-state index in [2.05, 4.69) is 36.4 Å². The Morgan fingerprint density at radius 1 is 1.44 bits per heavy atom. The summed E-state index contributed by atoms with van der Waals surface area (Å²) in [5.41, 5.74) is 3.10. The fraction of sp³-hybridized carbons (Fsp3) is 0.250. The van der Waals surface area contributed by atoms with Crippen molar-refractivity contribution in [3.63, 3.8) is 0 Å². The number of fused-ring (bicyclic) bond motifs is 1. The van der Waals surface area contributed by atoms with Crippen LogP contribution >= 0.6 is 15.9 Å². The quantitative estimate of drug-likeness (QED) is 0.845. The molecule has 3 rings (SSSR count). The lowest BCUT2D eigenvalue weighted by atomic mass is 9.99. The highest BCUT2D eigenvalue weighted by Gasteiger charge is 2.31. The van der Waals surface area contributed by atoms with Gasteiger partial charge >= 0.3 is 0 Å². The maximum Gasteiger partial charge on any atom is 0.258 e. The van der Waals surface area contributed by atoms with Crippen LogP contribution < -0.4 is 11.0 Å². The number of aromatic nitrogens is 2. The van der Waals surface area contributed by atoms with Gasteiger partial charge in [0.25, 0.3) is 5.56 Å². The number of H-pyrrole nitrogens is 1. The summed E-state index contributed by atoms with van der Waals surface area (Å²) in [6.45, 7) is 1.96. The van der Waals surface area contributed by atoms with Crippen molar-refractivity contribution < 1.29 is 0 Å². The molecule has 0 aliphatic carbocycles. The average Bonchev–Trinajstić information content (AvgIpc) is 2.78. The second kappa shape index (κ2) is 3.91. The minimum Gasteiger partial charge on any atom is -0.308 e. The van der Waals surface area contributed by atoms with Crippen LogP contribution in [0.5, 0.6) is 0 Å². The summed E-state index contributed by atoms with van der Waals surface area (Å²) in [5.74, 6) is 0.611. The normalized spacial score (nSPS) is 22.3. The lowest BCUT2D eigenvalue weighted by Crippen LogP contribution is -2.36. The first kappa shape index (κ1) is 11.4. The average molecular weight is 307 g/mol. The van der Waals surface area contributed by atoms with Gasteiger partial charge in [0.05, 0.1) is 10.9 Å². The highest BCUT2D eigenvalue weighted by molar-refractivity contribution is 9.10.